The molecular weight excluding hydrogens is 477 g/mol. The van der Waals surface area contributed by atoms with Gasteiger partial charge in [0.1, 0.15) is 5.52 Å². The number of aromatic nitrogens is 1. The quantitative estimate of drug-likeness (QED) is 0.306. The molecule has 0 fully saturated rings. The van der Waals surface area contributed by atoms with E-state index in [-0.39, 0.29) is 5.11 Å². The summed E-state index contributed by atoms with van der Waals surface area (Å²) in [5, 5.41) is 7.01. The molecule has 4 rings (SSSR count). The summed E-state index contributed by atoms with van der Waals surface area (Å²) < 4.78 is 5.83. The fourth-order valence-electron chi connectivity index (χ4n) is 2.94. The normalized spacial score (nSPS) is 10.8. The van der Waals surface area contributed by atoms with Gasteiger partial charge < -0.3 is 9.73 Å². The molecule has 0 atom stereocenters. The Morgan fingerprint density at radius 1 is 1.03 bits per heavy atom. The molecule has 0 radical (unpaired) electrons. The van der Waals surface area contributed by atoms with Crippen LogP contribution in [-0.4, -0.2) is 16.0 Å². The van der Waals surface area contributed by atoms with E-state index in [1.807, 2.05) is 25.1 Å². The largest absolute Gasteiger partial charge is 0.435 e. The zero-order valence-electron chi connectivity index (χ0n) is 16.0. The minimum atomic E-state index is -0.401. The number of thiocarbonyl (C=S) groups is 1. The zero-order chi connectivity index (χ0) is 22.1. The van der Waals surface area contributed by atoms with E-state index in [0.717, 1.165) is 5.56 Å². The van der Waals surface area contributed by atoms with Crippen LogP contribution in [0.15, 0.2) is 59.0 Å². The van der Waals surface area contributed by atoms with Crippen molar-refractivity contribution in [3.8, 4) is 11.5 Å². The Labute approximate surface area is 198 Å². The number of fused-ring (bicyclic) bond motifs is 1. The first-order valence-corrected chi connectivity index (χ1v) is 10.6. The van der Waals surface area contributed by atoms with Crippen molar-refractivity contribution in [1.29, 1.82) is 0 Å². The van der Waals surface area contributed by atoms with Gasteiger partial charge in [-0.1, -0.05) is 53.0 Å². The number of carbonyl (C=O) groups excluding carboxylic acids is 1. The van der Waals surface area contributed by atoms with Crippen molar-refractivity contribution in [3.63, 3.8) is 0 Å². The first-order valence-electron chi connectivity index (χ1n) is 9.05. The lowest BCUT2D eigenvalue weighted by Gasteiger charge is -2.13. The van der Waals surface area contributed by atoms with E-state index in [4.69, 9.17) is 51.4 Å². The predicted molar refractivity (Wildman–Crippen MR) is 129 cm³/mol. The Kier molecular flexibility index (Phi) is 6.16. The molecule has 0 spiro atoms. The van der Waals surface area contributed by atoms with Crippen LogP contribution in [0.3, 0.4) is 0 Å². The summed E-state index contributed by atoms with van der Waals surface area (Å²) in [7, 11) is 0. The molecule has 0 unspecified atom stereocenters. The van der Waals surface area contributed by atoms with Gasteiger partial charge in [-0.2, -0.15) is 0 Å². The first-order chi connectivity index (χ1) is 14.8. The smallest absolute Gasteiger partial charge is 0.258 e. The molecule has 2 N–H and O–H groups in total. The van der Waals surface area contributed by atoms with Crippen molar-refractivity contribution < 1.29 is 9.21 Å². The highest BCUT2D eigenvalue weighted by Gasteiger charge is 2.15. The molecule has 0 aliphatic rings. The summed E-state index contributed by atoms with van der Waals surface area (Å²) in [5.41, 5.74) is 3.66. The van der Waals surface area contributed by atoms with Gasteiger partial charge in [0.2, 0.25) is 5.89 Å². The minimum absolute atomic E-state index is 0.137. The summed E-state index contributed by atoms with van der Waals surface area (Å²) in [6.07, 6.45) is 0. The number of carbonyl (C=O) groups is 1. The maximum absolute atomic E-state index is 12.4. The fraction of sp³-hybridized carbons (Fsp3) is 0.0455. The second-order valence-electron chi connectivity index (χ2n) is 6.67. The number of anilines is 1. The molecule has 3 aromatic carbocycles. The van der Waals surface area contributed by atoms with E-state index in [1.54, 1.807) is 36.4 Å². The molecule has 0 saturated heterocycles. The van der Waals surface area contributed by atoms with Crippen molar-refractivity contribution in [2.75, 3.05) is 5.32 Å². The Balaban J connectivity index is 1.57. The number of hydrogen-bond acceptors (Lipinski definition) is 4. The third-order valence-electron chi connectivity index (χ3n) is 4.49. The molecule has 0 aliphatic heterocycles. The lowest BCUT2D eigenvalue weighted by Crippen LogP contribution is -2.34. The van der Waals surface area contributed by atoms with Crippen molar-refractivity contribution in [3.05, 3.63) is 80.8 Å². The SMILES string of the molecule is Cc1ccc(-c2nc3cc(Cl)cc(Cl)c3o2)cc1NC(=S)NC(=O)c1ccccc1Cl. The molecule has 31 heavy (non-hydrogen) atoms. The van der Waals surface area contributed by atoms with E-state index in [2.05, 4.69) is 15.6 Å². The van der Waals surface area contributed by atoms with Gasteiger partial charge in [-0.3, -0.25) is 10.1 Å². The molecule has 4 aromatic rings. The third-order valence-corrected chi connectivity index (χ3v) is 5.52. The van der Waals surface area contributed by atoms with Crippen molar-refractivity contribution >= 4 is 74.8 Å². The number of amides is 1. The number of oxazole rings is 1. The number of benzene rings is 3. The minimum Gasteiger partial charge on any atom is -0.435 e. The van der Waals surface area contributed by atoms with E-state index < -0.39 is 5.91 Å². The molecule has 0 bridgehead atoms. The van der Waals surface area contributed by atoms with Crippen molar-refractivity contribution in [1.82, 2.24) is 10.3 Å². The summed E-state index contributed by atoms with van der Waals surface area (Å²) in [5.74, 6) is -0.0179. The van der Waals surface area contributed by atoms with Gasteiger partial charge in [0.25, 0.3) is 5.91 Å². The van der Waals surface area contributed by atoms with Gasteiger partial charge in [-0.25, -0.2) is 4.98 Å². The molecular formula is C22H14Cl3N3O2S. The Bertz CT molecular complexity index is 1340. The van der Waals surface area contributed by atoms with Crippen molar-refractivity contribution in [2.24, 2.45) is 0 Å². The van der Waals surface area contributed by atoms with Crippen LogP contribution in [0, 0.1) is 6.92 Å². The van der Waals surface area contributed by atoms with Crippen LogP contribution in [0.2, 0.25) is 15.1 Å². The lowest BCUT2D eigenvalue weighted by molar-refractivity contribution is 0.0978. The first kappa shape index (κ1) is 21.6. The Morgan fingerprint density at radius 2 is 1.81 bits per heavy atom. The van der Waals surface area contributed by atoms with Crippen LogP contribution >= 0.6 is 47.0 Å². The molecule has 1 heterocycles. The summed E-state index contributed by atoms with van der Waals surface area (Å²) in [6, 6.07) is 15.6. The molecule has 1 amide bonds. The Hall–Kier alpha value is -2.64. The highest BCUT2D eigenvalue weighted by molar-refractivity contribution is 7.80. The van der Waals surface area contributed by atoms with Gasteiger partial charge in [0, 0.05) is 16.3 Å². The number of nitrogens with one attached hydrogen (secondary N) is 2. The van der Waals surface area contributed by atoms with Crippen LogP contribution < -0.4 is 10.6 Å². The van der Waals surface area contributed by atoms with Crippen LogP contribution in [0.4, 0.5) is 5.69 Å². The third kappa shape index (κ3) is 4.67. The number of nitrogens with zero attached hydrogens (tertiary/aromatic N) is 1. The van der Waals surface area contributed by atoms with E-state index >= 15 is 0 Å². The van der Waals surface area contributed by atoms with E-state index in [9.17, 15) is 4.79 Å². The lowest BCUT2D eigenvalue weighted by atomic mass is 10.1. The summed E-state index contributed by atoms with van der Waals surface area (Å²) in [4.78, 5) is 16.9. The van der Waals surface area contributed by atoms with Gasteiger partial charge in [-0.15, -0.1) is 0 Å². The zero-order valence-corrected chi connectivity index (χ0v) is 19.1. The van der Waals surface area contributed by atoms with Gasteiger partial charge in [-0.05, 0) is 61.1 Å². The van der Waals surface area contributed by atoms with Crippen LogP contribution in [0.5, 0.6) is 0 Å². The molecule has 0 saturated carbocycles. The fourth-order valence-corrected chi connectivity index (χ4v) is 3.89. The number of rotatable bonds is 3. The van der Waals surface area contributed by atoms with Gasteiger partial charge >= 0.3 is 0 Å². The Morgan fingerprint density at radius 3 is 2.58 bits per heavy atom. The topological polar surface area (TPSA) is 67.2 Å². The molecule has 156 valence electrons. The standard InChI is InChI=1S/C22H14Cl3N3O2S/c1-11-6-7-12(21-26-18-10-13(23)9-16(25)19(18)30-21)8-17(11)27-22(31)28-20(29)14-4-2-3-5-15(14)24/h2-10H,1H3,(H2,27,28,29,31). The highest BCUT2D eigenvalue weighted by atomic mass is 35.5. The maximum atomic E-state index is 12.4. The summed E-state index contributed by atoms with van der Waals surface area (Å²) >= 11 is 23.6. The van der Waals surface area contributed by atoms with Crippen LogP contribution in [0.25, 0.3) is 22.6 Å². The number of hydrogen-bond donors (Lipinski definition) is 2. The number of halogens is 3. The molecule has 9 heteroatoms. The van der Waals surface area contributed by atoms with Crippen LogP contribution in [0.1, 0.15) is 15.9 Å². The highest BCUT2D eigenvalue weighted by Crippen LogP contribution is 2.33. The van der Waals surface area contributed by atoms with Crippen molar-refractivity contribution in [2.45, 2.75) is 6.92 Å². The molecule has 5 nitrogen and oxygen atoms in total. The van der Waals surface area contributed by atoms with E-state index in [1.165, 1.54) is 0 Å². The average molecular weight is 491 g/mol. The van der Waals surface area contributed by atoms with Gasteiger partial charge in [0.05, 0.1) is 15.6 Å². The van der Waals surface area contributed by atoms with E-state index in [0.29, 0.717) is 48.9 Å². The monoisotopic (exact) mass is 489 g/mol. The molecule has 1 aromatic heterocycles. The predicted octanol–water partition coefficient (Wildman–Crippen LogP) is 6.89. The summed E-state index contributed by atoms with van der Waals surface area (Å²) in [6.45, 7) is 1.91. The van der Waals surface area contributed by atoms with Gasteiger partial charge in [0.15, 0.2) is 10.7 Å². The average Bonchev–Trinajstić information content (AvgIpc) is 3.14. The number of aryl methyl sites for hydroxylation is 1. The second-order valence-corrected chi connectivity index (χ2v) is 8.33. The molecule has 0 aliphatic carbocycles. The second kappa shape index (κ2) is 8.85. The van der Waals surface area contributed by atoms with Crippen LogP contribution in [-0.2, 0) is 0 Å². The maximum Gasteiger partial charge on any atom is 0.258 e.